The highest BCUT2D eigenvalue weighted by atomic mass is 35.5. The van der Waals surface area contributed by atoms with E-state index in [1.54, 1.807) is 19.1 Å². The minimum Gasteiger partial charge on any atom is -0.490 e. The van der Waals surface area contributed by atoms with Crippen LogP contribution in [0.2, 0.25) is 5.02 Å². The maximum absolute atomic E-state index is 13.5. The van der Waals surface area contributed by atoms with E-state index in [9.17, 15) is 18.3 Å². The molecule has 6 atom stereocenters. The van der Waals surface area contributed by atoms with Crippen LogP contribution in [0.1, 0.15) is 73.4 Å². The number of hydrogen-bond donors (Lipinski definition) is 2. The van der Waals surface area contributed by atoms with Gasteiger partial charge in [-0.2, -0.15) is 0 Å². The van der Waals surface area contributed by atoms with Gasteiger partial charge in [0.15, 0.2) is 0 Å². The summed E-state index contributed by atoms with van der Waals surface area (Å²) in [6.07, 6.45) is 10.8. The summed E-state index contributed by atoms with van der Waals surface area (Å²) in [6, 6.07) is 11.5. The van der Waals surface area contributed by atoms with Crippen LogP contribution in [0, 0.1) is 23.7 Å². The molecular weight excluding hydrogens is 584 g/mol. The first-order chi connectivity index (χ1) is 20.6. The van der Waals surface area contributed by atoms with Crippen molar-refractivity contribution >= 4 is 33.2 Å². The third-order valence-electron chi connectivity index (χ3n) is 11.0. The Morgan fingerprint density at radius 2 is 1.88 bits per heavy atom. The van der Waals surface area contributed by atoms with Crippen molar-refractivity contribution in [2.45, 2.75) is 75.1 Å². The Bertz CT molecular complexity index is 1560. The Balaban J connectivity index is 1.28. The second-order valence-electron chi connectivity index (χ2n) is 13.6. The van der Waals surface area contributed by atoms with Crippen LogP contribution in [0.5, 0.6) is 5.75 Å². The molecule has 1 spiro atoms. The predicted molar refractivity (Wildman–Crippen MR) is 168 cm³/mol. The summed E-state index contributed by atoms with van der Waals surface area (Å²) in [5, 5.41) is 11.3. The van der Waals surface area contributed by atoms with Crippen molar-refractivity contribution in [1.29, 1.82) is 0 Å². The topological polar surface area (TPSA) is 95.9 Å². The lowest BCUT2D eigenvalue weighted by Crippen LogP contribution is -2.49. The van der Waals surface area contributed by atoms with Gasteiger partial charge in [-0.15, -0.1) is 0 Å². The van der Waals surface area contributed by atoms with E-state index in [0.717, 1.165) is 62.2 Å². The molecule has 2 saturated carbocycles. The number of benzene rings is 2. The number of nitrogens with zero attached hydrogens (tertiary/aromatic N) is 1. The van der Waals surface area contributed by atoms with Crippen molar-refractivity contribution in [2.24, 2.45) is 23.7 Å². The van der Waals surface area contributed by atoms with Crippen LogP contribution in [0.25, 0.3) is 0 Å². The SMILES string of the molecule is C[C@H]1[C@@H](C2CC2)C/C=C\[C@H](O)[C@@H]2CC[C@H]2CN2C[C@@]3(CCCc4cc(Cl)ccc43)COc3ccc(cc32)C(=O)NS1(=O)=O. The number of rotatable bonds is 1. The number of halogens is 1. The maximum Gasteiger partial charge on any atom is 0.264 e. The van der Waals surface area contributed by atoms with Crippen LogP contribution < -0.4 is 14.4 Å². The average Bonchev–Trinajstić information content (AvgIpc) is 3.81. The minimum absolute atomic E-state index is 0.0979. The van der Waals surface area contributed by atoms with Gasteiger partial charge in [-0.1, -0.05) is 29.8 Å². The van der Waals surface area contributed by atoms with Crippen LogP contribution in [0.3, 0.4) is 0 Å². The zero-order chi connectivity index (χ0) is 29.9. The van der Waals surface area contributed by atoms with Crippen molar-refractivity contribution in [3.63, 3.8) is 0 Å². The molecule has 2 aromatic carbocycles. The first-order valence-electron chi connectivity index (χ1n) is 15.8. The molecule has 2 N–H and O–H groups in total. The van der Waals surface area contributed by atoms with E-state index in [1.807, 2.05) is 24.3 Å². The van der Waals surface area contributed by atoms with E-state index in [-0.39, 0.29) is 17.3 Å². The van der Waals surface area contributed by atoms with Gasteiger partial charge in [0.25, 0.3) is 5.91 Å². The Kier molecular flexibility index (Phi) is 7.54. The van der Waals surface area contributed by atoms with E-state index < -0.39 is 27.3 Å². The first-order valence-corrected chi connectivity index (χ1v) is 17.8. The second-order valence-corrected chi connectivity index (χ2v) is 16.1. The molecule has 2 heterocycles. The van der Waals surface area contributed by atoms with Crippen molar-refractivity contribution in [1.82, 2.24) is 4.72 Å². The highest BCUT2D eigenvalue weighted by Crippen LogP contribution is 2.47. The number of ether oxygens (including phenoxy) is 1. The fraction of sp³-hybridized carbons (Fsp3) is 0.559. The van der Waals surface area contributed by atoms with Gasteiger partial charge < -0.3 is 14.7 Å². The van der Waals surface area contributed by atoms with E-state index in [4.69, 9.17) is 16.3 Å². The van der Waals surface area contributed by atoms with Gasteiger partial charge in [-0.3, -0.25) is 4.79 Å². The Labute approximate surface area is 259 Å². The van der Waals surface area contributed by atoms with E-state index in [1.165, 1.54) is 11.1 Å². The molecule has 43 heavy (non-hydrogen) atoms. The van der Waals surface area contributed by atoms with Crippen LogP contribution in [-0.2, 0) is 21.9 Å². The molecule has 2 aromatic rings. The summed E-state index contributed by atoms with van der Waals surface area (Å²) < 4.78 is 35.9. The van der Waals surface area contributed by atoms with E-state index in [2.05, 4.69) is 21.8 Å². The maximum atomic E-state index is 13.5. The van der Waals surface area contributed by atoms with Crippen molar-refractivity contribution in [3.8, 4) is 5.75 Å². The molecule has 1 amide bonds. The molecule has 0 saturated heterocycles. The van der Waals surface area contributed by atoms with Crippen LogP contribution in [0.4, 0.5) is 5.69 Å². The zero-order valence-electron chi connectivity index (χ0n) is 24.7. The number of anilines is 1. The summed E-state index contributed by atoms with van der Waals surface area (Å²) in [6.45, 7) is 3.63. The number of carbonyl (C=O) groups is 1. The highest BCUT2D eigenvalue weighted by molar-refractivity contribution is 7.90. The Morgan fingerprint density at radius 1 is 1.07 bits per heavy atom. The molecule has 0 radical (unpaired) electrons. The van der Waals surface area contributed by atoms with Gasteiger partial charge in [0.05, 0.1) is 23.6 Å². The second kappa shape index (κ2) is 11.1. The van der Waals surface area contributed by atoms with Gasteiger partial charge in [0.1, 0.15) is 5.75 Å². The Morgan fingerprint density at radius 3 is 2.65 bits per heavy atom. The molecule has 230 valence electrons. The number of sulfonamides is 1. The van der Waals surface area contributed by atoms with Crippen LogP contribution in [-0.4, -0.2) is 50.5 Å². The quantitative estimate of drug-likeness (QED) is 0.399. The number of allylic oxidation sites excluding steroid dienone is 1. The molecular formula is C34H41ClN2O5S. The van der Waals surface area contributed by atoms with E-state index in [0.29, 0.717) is 42.7 Å². The van der Waals surface area contributed by atoms with Gasteiger partial charge in [-0.05, 0) is 123 Å². The average molecular weight is 625 g/mol. The molecule has 2 aliphatic heterocycles. The minimum atomic E-state index is -3.92. The molecule has 7 rings (SSSR count). The number of fused-ring (bicyclic) bond motifs is 4. The van der Waals surface area contributed by atoms with Gasteiger partial charge in [-0.25, -0.2) is 13.1 Å². The molecule has 5 aliphatic rings. The zero-order valence-corrected chi connectivity index (χ0v) is 26.2. The molecule has 0 unspecified atom stereocenters. The molecule has 0 aromatic heterocycles. The number of aryl methyl sites for hydroxylation is 1. The lowest BCUT2D eigenvalue weighted by molar-refractivity contribution is 0.0455. The Hall–Kier alpha value is -2.55. The predicted octanol–water partition coefficient (Wildman–Crippen LogP) is 5.63. The van der Waals surface area contributed by atoms with Crippen LogP contribution in [0.15, 0.2) is 48.6 Å². The molecule has 2 fully saturated rings. The molecule has 9 heteroatoms. The third kappa shape index (κ3) is 5.48. The van der Waals surface area contributed by atoms with Gasteiger partial charge >= 0.3 is 0 Å². The lowest BCUT2D eigenvalue weighted by atomic mass is 9.68. The smallest absolute Gasteiger partial charge is 0.264 e. The van der Waals surface area contributed by atoms with Crippen LogP contribution >= 0.6 is 11.6 Å². The van der Waals surface area contributed by atoms with E-state index >= 15 is 0 Å². The summed E-state index contributed by atoms with van der Waals surface area (Å²) in [7, 11) is -3.92. The standard InChI is InChI=1S/C34H41ClN2O5S/c1-21-27(22-7-8-22)5-2-6-31(38)28-12-9-25(28)18-37-19-34(15-3-4-23-16-26(35)11-13-29(23)34)20-42-32-14-10-24(17-30(32)37)33(39)36-43(21,40)41/h2,6,10-11,13-14,16-17,21-22,25,27-28,31,38H,3-5,7-9,12,15,18-20H2,1H3,(H,36,39)/b6-2-/t21-,25-,27-,28+,31-,34-/m0/s1. The monoisotopic (exact) mass is 624 g/mol. The highest BCUT2D eigenvalue weighted by Gasteiger charge is 2.45. The molecule has 2 bridgehead atoms. The summed E-state index contributed by atoms with van der Waals surface area (Å²) in [5.41, 5.74) is 3.37. The number of aliphatic hydroxyl groups is 1. The van der Waals surface area contributed by atoms with Gasteiger partial charge in [0.2, 0.25) is 10.0 Å². The van der Waals surface area contributed by atoms with Crippen molar-refractivity contribution < 1.29 is 23.1 Å². The number of hydrogen-bond acceptors (Lipinski definition) is 6. The molecule has 3 aliphatic carbocycles. The van der Waals surface area contributed by atoms with Crippen molar-refractivity contribution in [3.05, 3.63) is 70.3 Å². The number of aliphatic hydroxyl groups excluding tert-OH is 1. The normalized spacial score (nSPS) is 34.5. The summed E-state index contributed by atoms with van der Waals surface area (Å²) in [5.74, 6) is 0.735. The largest absolute Gasteiger partial charge is 0.490 e. The number of amides is 1. The summed E-state index contributed by atoms with van der Waals surface area (Å²) >= 11 is 6.40. The van der Waals surface area contributed by atoms with Gasteiger partial charge in [0, 0.05) is 29.1 Å². The van der Waals surface area contributed by atoms with Crippen molar-refractivity contribution in [2.75, 3.05) is 24.6 Å². The number of carbonyl (C=O) groups excluding carboxylic acids is 1. The third-order valence-corrected chi connectivity index (χ3v) is 13.0. The fourth-order valence-electron chi connectivity index (χ4n) is 8.13. The molecule has 7 nitrogen and oxygen atoms in total. The lowest BCUT2D eigenvalue weighted by Gasteiger charge is -2.45. The summed E-state index contributed by atoms with van der Waals surface area (Å²) in [4.78, 5) is 15.8. The first kappa shape index (κ1) is 29.2. The number of nitrogens with one attached hydrogen (secondary N) is 1. The fourth-order valence-corrected chi connectivity index (χ4v) is 9.68.